The molecule has 0 saturated carbocycles. The van der Waals surface area contributed by atoms with Gasteiger partial charge in [0.2, 0.25) is 0 Å². The van der Waals surface area contributed by atoms with Gasteiger partial charge in [-0.15, -0.1) is 0 Å². The summed E-state index contributed by atoms with van der Waals surface area (Å²) in [4.78, 5) is 8.43. The lowest BCUT2D eigenvalue weighted by atomic mass is 10.3. The maximum absolute atomic E-state index is 13.6. The largest absolute Gasteiger partial charge is 0.482 e. The Labute approximate surface area is 115 Å². The summed E-state index contributed by atoms with van der Waals surface area (Å²) in [7, 11) is 1.77. The number of ether oxygens (including phenoxy) is 1. The number of aromatic nitrogens is 2. The van der Waals surface area contributed by atoms with Crippen molar-refractivity contribution in [3.8, 4) is 5.75 Å². The molecule has 2 aromatic rings. The molecule has 0 aliphatic rings. The number of hydrogen-bond acceptors (Lipinski definition) is 4. The van der Waals surface area contributed by atoms with Crippen molar-refractivity contribution < 1.29 is 9.13 Å². The summed E-state index contributed by atoms with van der Waals surface area (Å²) in [6.07, 6.45) is 0. The van der Waals surface area contributed by atoms with E-state index >= 15 is 0 Å². The normalized spacial score (nSPS) is 10.3. The third-order valence-corrected chi connectivity index (χ3v) is 2.72. The van der Waals surface area contributed by atoms with Crippen LogP contribution in [0.25, 0.3) is 0 Å². The van der Waals surface area contributed by atoms with Crippen molar-refractivity contribution in [1.82, 2.24) is 9.97 Å². The van der Waals surface area contributed by atoms with E-state index in [0.29, 0.717) is 11.6 Å². The van der Waals surface area contributed by atoms with Crippen LogP contribution in [0.3, 0.4) is 0 Å². The van der Waals surface area contributed by atoms with Gasteiger partial charge in [-0.25, -0.2) is 14.4 Å². The predicted molar refractivity (Wildman–Crippen MR) is 72.1 cm³/mol. The van der Waals surface area contributed by atoms with Crippen molar-refractivity contribution in [3.63, 3.8) is 0 Å². The van der Waals surface area contributed by atoms with Crippen LogP contribution in [0, 0.1) is 12.7 Å². The van der Waals surface area contributed by atoms with E-state index in [1.54, 1.807) is 13.1 Å². The molecule has 100 valence electrons. The zero-order valence-electron chi connectivity index (χ0n) is 10.6. The van der Waals surface area contributed by atoms with Gasteiger partial charge in [0.25, 0.3) is 0 Å². The molecular weight excluding hydrogens is 269 g/mol. The molecule has 0 spiro atoms. The van der Waals surface area contributed by atoms with Crippen molar-refractivity contribution in [2.45, 2.75) is 13.5 Å². The van der Waals surface area contributed by atoms with Gasteiger partial charge in [-0.05, 0) is 19.1 Å². The fraction of sp³-hybridized carbons (Fsp3) is 0.231. The van der Waals surface area contributed by atoms with Crippen LogP contribution in [0.5, 0.6) is 5.75 Å². The van der Waals surface area contributed by atoms with Crippen LogP contribution in [0.2, 0.25) is 5.02 Å². The lowest BCUT2D eigenvalue weighted by Gasteiger charge is -2.08. The summed E-state index contributed by atoms with van der Waals surface area (Å²) in [6.45, 7) is 1.93. The van der Waals surface area contributed by atoms with Crippen molar-refractivity contribution >= 4 is 17.4 Å². The first-order valence-corrected chi connectivity index (χ1v) is 6.07. The fourth-order valence-corrected chi connectivity index (χ4v) is 1.73. The minimum Gasteiger partial charge on any atom is -0.482 e. The topological polar surface area (TPSA) is 47.0 Å². The number of hydrogen-bond donors (Lipinski definition) is 1. The van der Waals surface area contributed by atoms with Crippen LogP contribution in [-0.2, 0) is 6.61 Å². The molecular formula is C13H13ClFN3O. The Balaban J connectivity index is 2.14. The van der Waals surface area contributed by atoms with Gasteiger partial charge >= 0.3 is 0 Å². The summed E-state index contributed by atoms with van der Waals surface area (Å²) in [5.74, 6) is 0.677. The minimum absolute atomic E-state index is 0.0265. The summed E-state index contributed by atoms with van der Waals surface area (Å²) in [5, 5.41) is 2.95. The first kappa shape index (κ1) is 13.5. The van der Waals surface area contributed by atoms with Crippen LogP contribution in [-0.4, -0.2) is 17.0 Å². The molecule has 1 heterocycles. The summed E-state index contributed by atoms with van der Waals surface area (Å²) >= 11 is 5.67. The predicted octanol–water partition coefficient (Wildman–Crippen LogP) is 3.20. The Morgan fingerprint density at radius 2 is 2.16 bits per heavy atom. The molecule has 6 heteroatoms. The van der Waals surface area contributed by atoms with E-state index in [4.69, 9.17) is 16.3 Å². The van der Waals surface area contributed by atoms with Gasteiger partial charge in [-0.3, -0.25) is 0 Å². The number of halogens is 2. The average Bonchev–Trinajstić information content (AvgIpc) is 2.40. The standard InChI is InChI=1S/C13H13ClFN3O/c1-8-6-11(16-2)18-12(17-8)7-19-10-5-3-4-9(14)13(10)15/h3-6H,7H2,1-2H3,(H,16,17,18). The number of nitrogens with one attached hydrogen (secondary N) is 1. The Morgan fingerprint density at radius 1 is 1.37 bits per heavy atom. The zero-order chi connectivity index (χ0) is 13.8. The van der Waals surface area contributed by atoms with Crippen molar-refractivity contribution in [2.75, 3.05) is 12.4 Å². The van der Waals surface area contributed by atoms with Crippen LogP contribution < -0.4 is 10.1 Å². The number of nitrogens with zero attached hydrogens (tertiary/aromatic N) is 2. The molecule has 0 saturated heterocycles. The Bertz CT molecular complexity index is 592. The van der Waals surface area contributed by atoms with Crippen LogP contribution in [0.1, 0.15) is 11.5 Å². The molecule has 0 aliphatic carbocycles. The molecule has 0 amide bonds. The Kier molecular flexibility index (Phi) is 4.16. The van der Waals surface area contributed by atoms with Gasteiger partial charge in [-0.2, -0.15) is 0 Å². The van der Waals surface area contributed by atoms with Gasteiger partial charge in [0.15, 0.2) is 17.4 Å². The second-order valence-corrected chi connectivity index (χ2v) is 4.31. The summed E-state index contributed by atoms with van der Waals surface area (Å²) in [6, 6.07) is 6.41. The quantitative estimate of drug-likeness (QED) is 0.935. The minimum atomic E-state index is -0.578. The van der Waals surface area contributed by atoms with Crippen molar-refractivity contribution in [2.24, 2.45) is 0 Å². The Hall–Kier alpha value is -1.88. The molecule has 0 bridgehead atoms. The summed E-state index contributed by atoms with van der Waals surface area (Å²) < 4.78 is 19.0. The maximum Gasteiger partial charge on any atom is 0.183 e. The van der Waals surface area contributed by atoms with Gasteiger partial charge in [-0.1, -0.05) is 17.7 Å². The van der Waals surface area contributed by atoms with Crippen molar-refractivity contribution in [1.29, 1.82) is 0 Å². The number of rotatable bonds is 4. The van der Waals surface area contributed by atoms with E-state index in [2.05, 4.69) is 15.3 Å². The van der Waals surface area contributed by atoms with E-state index in [9.17, 15) is 4.39 Å². The monoisotopic (exact) mass is 281 g/mol. The number of aryl methyl sites for hydroxylation is 1. The summed E-state index contributed by atoms with van der Waals surface area (Å²) in [5.41, 5.74) is 0.810. The number of anilines is 1. The highest BCUT2D eigenvalue weighted by Gasteiger charge is 2.09. The molecule has 0 aliphatic heterocycles. The van der Waals surface area contributed by atoms with Crippen molar-refractivity contribution in [3.05, 3.63) is 46.6 Å². The zero-order valence-corrected chi connectivity index (χ0v) is 11.3. The first-order chi connectivity index (χ1) is 9.10. The molecule has 1 N–H and O–H groups in total. The van der Waals surface area contributed by atoms with E-state index in [-0.39, 0.29) is 17.4 Å². The van der Waals surface area contributed by atoms with Crippen LogP contribution in [0.15, 0.2) is 24.3 Å². The van der Waals surface area contributed by atoms with Gasteiger partial charge in [0.05, 0.1) is 5.02 Å². The highest BCUT2D eigenvalue weighted by atomic mass is 35.5. The molecule has 19 heavy (non-hydrogen) atoms. The molecule has 1 aromatic heterocycles. The van der Waals surface area contributed by atoms with Gasteiger partial charge in [0, 0.05) is 18.8 Å². The van der Waals surface area contributed by atoms with E-state index in [1.165, 1.54) is 12.1 Å². The molecule has 4 nitrogen and oxygen atoms in total. The smallest absolute Gasteiger partial charge is 0.183 e. The molecule has 2 rings (SSSR count). The third-order valence-electron chi connectivity index (χ3n) is 2.43. The highest BCUT2D eigenvalue weighted by Crippen LogP contribution is 2.24. The lowest BCUT2D eigenvalue weighted by Crippen LogP contribution is -2.06. The molecule has 0 unspecified atom stereocenters. The van der Waals surface area contributed by atoms with Crippen LogP contribution in [0.4, 0.5) is 10.2 Å². The van der Waals surface area contributed by atoms with E-state index in [0.717, 1.165) is 5.69 Å². The molecule has 0 fully saturated rings. The second-order valence-electron chi connectivity index (χ2n) is 3.90. The molecule has 1 aromatic carbocycles. The third kappa shape index (κ3) is 3.32. The maximum atomic E-state index is 13.6. The number of benzene rings is 1. The van der Waals surface area contributed by atoms with E-state index in [1.807, 2.05) is 13.0 Å². The lowest BCUT2D eigenvalue weighted by molar-refractivity contribution is 0.281. The van der Waals surface area contributed by atoms with Gasteiger partial charge < -0.3 is 10.1 Å². The Morgan fingerprint density at radius 3 is 2.89 bits per heavy atom. The highest BCUT2D eigenvalue weighted by molar-refractivity contribution is 6.30. The first-order valence-electron chi connectivity index (χ1n) is 5.69. The SMILES string of the molecule is CNc1cc(C)nc(COc2cccc(Cl)c2F)n1. The fourth-order valence-electron chi connectivity index (χ4n) is 1.56. The van der Waals surface area contributed by atoms with Gasteiger partial charge in [0.1, 0.15) is 12.4 Å². The van der Waals surface area contributed by atoms with E-state index < -0.39 is 5.82 Å². The molecule has 0 atom stereocenters. The average molecular weight is 282 g/mol. The molecule has 0 radical (unpaired) electrons. The second kappa shape index (κ2) is 5.84. The van der Waals surface area contributed by atoms with Crippen LogP contribution >= 0.6 is 11.6 Å².